The van der Waals surface area contributed by atoms with E-state index < -0.39 is 5.97 Å². The van der Waals surface area contributed by atoms with Crippen LogP contribution >= 0.6 is 0 Å². The minimum absolute atomic E-state index is 0.0220. The third-order valence-electron chi connectivity index (χ3n) is 5.71. The molecule has 0 spiro atoms. The molecule has 1 unspecified atom stereocenters. The Morgan fingerprint density at radius 3 is 2.53 bits per heavy atom. The van der Waals surface area contributed by atoms with Crippen molar-refractivity contribution in [2.75, 3.05) is 19.7 Å². The molecule has 1 aliphatic rings. The van der Waals surface area contributed by atoms with Gasteiger partial charge in [-0.2, -0.15) is 5.10 Å². The first kappa shape index (κ1) is 23.3. The number of amides is 1. The summed E-state index contributed by atoms with van der Waals surface area (Å²) in [6.07, 6.45) is 4.99. The molecule has 2 heterocycles. The number of hydrogen-bond acceptors (Lipinski definition) is 5. The second kappa shape index (κ2) is 10.8. The Morgan fingerprint density at radius 2 is 1.82 bits per heavy atom. The van der Waals surface area contributed by atoms with Crippen molar-refractivity contribution < 1.29 is 19.1 Å². The molecule has 1 atom stereocenters. The average molecular weight is 460 g/mol. The summed E-state index contributed by atoms with van der Waals surface area (Å²) >= 11 is 0. The number of esters is 1. The number of aromatic nitrogens is 2. The van der Waals surface area contributed by atoms with Crippen molar-refractivity contribution in [2.24, 2.45) is 0 Å². The molecule has 7 heteroatoms. The number of rotatable bonds is 7. The molecular formula is C27H29N3O4. The lowest BCUT2D eigenvalue weighted by atomic mass is 10.1. The van der Waals surface area contributed by atoms with Gasteiger partial charge in [0.2, 0.25) is 5.91 Å². The second-order valence-electron chi connectivity index (χ2n) is 8.10. The molecule has 1 saturated heterocycles. The Kier molecular flexibility index (Phi) is 7.42. The summed E-state index contributed by atoms with van der Waals surface area (Å²) in [5, 5.41) is 4.78. The van der Waals surface area contributed by atoms with Gasteiger partial charge in [0.25, 0.3) is 0 Å². The molecule has 0 aliphatic carbocycles. The molecule has 2 aromatic carbocycles. The zero-order valence-electron chi connectivity index (χ0n) is 19.5. The summed E-state index contributed by atoms with van der Waals surface area (Å²) in [5.41, 5.74) is 1.93. The summed E-state index contributed by atoms with van der Waals surface area (Å²) in [4.78, 5) is 26.9. The smallest absolute Gasteiger partial charge is 0.356 e. The van der Waals surface area contributed by atoms with Gasteiger partial charge in [-0.15, -0.1) is 0 Å². The van der Waals surface area contributed by atoms with Crippen molar-refractivity contribution in [3.8, 4) is 22.8 Å². The predicted octanol–water partition coefficient (Wildman–Crippen LogP) is 5.26. The van der Waals surface area contributed by atoms with Crippen molar-refractivity contribution in [3.05, 3.63) is 78.5 Å². The topological polar surface area (TPSA) is 73.7 Å². The van der Waals surface area contributed by atoms with Crippen LogP contribution in [0.2, 0.25) is 0 Å². The number of piperidine rings is 1. The Balaban J connectivity index is 1.60. The van der Waals surface area contributed by atoms with Crippen LogP contribution in [0.4, 0.5) is 0 Å². The monoisotopic (exact) mass is 459 g/mol. The van der Waals surface area contributed by atoms with Crippen LogP contribution in [-0.4, -0.2) is 46.3 Å². The lowest BCUT2D eigenvalue weighted by molar-refractivity contribution is -0.127. The maximum absolute atomic E-state index is 12.7. The van der Waals surface area contributed by atoms with E-state index in [1.54, 1.807) is 34.7 Å². The summed E-state index contributed by atoms with van der Waals surface area (Å²) < 4.78 is 12.9. The number of allylic oxidation sites excluding steroid dienone is 1. The molecule has 7 nitrogen and oxygen atoms in total. The zero-order valence-corrected chi connectivity index (χ0v) is 19.5. The fourth-order valence-corrected chi connectivity index (χ4v) is 4.09. The first-order valence-electron chi connectivity index (χ1n) is 11.6. The van der Waals surface area contributed by atoms with E-state index in [2.05, 4.69) is 0 Å². The van der Waals surface area contributed by atoms with E-state index in [9.17, 15) is 9.59 Å². The lowest BCUT2D eigenvalue weighted by Gasteiger charge is -2.32. The van der Waals surface area contributed by atoms with Crippen LogP contribution in [0.5, 0.6) is 11.5 Å². The lowest BCUT2D eigenvalue weighted by Crippen LogP contribution is -2.40. The van der Waals surface area contributed by atoms with Crippen molar-refractivity contribution >= 4 is 11.9 Å². The number of hydrogen-bond donors (Lipinski definition) is 0. The molecule has 1 fully saturated rings. The summed E-state index contributed by atoms with van der Waals surface area (Å²) in [7, 11) is 0. The van der Waals surface area contributed by atoms with E-state index in [0.717, 1.165) is 24.2 Å². The van der Waals surface area contributed by atoms with Gasteiger partial charge in [0.05, 0.1) is 18.3 Å². The second-order valence-corrected chi connectivity index (χ2v) is 8.10. The average Bonchev–Trinajstić information content (AvgIpc) is 3.31. The molecular weight excluding hydrogens is 430 g/mol. The highest BCUT2D eigenvalue weighted by molar-refractivity contribution is 5.89. The first-order chi connectivity index (χ1) is 16.6. The number of nitrogens with zero attached hydrogens (tertiary/aromatic N) is 3. The normalized spacial score (nSPS) is 15.9. The summed E-state index contributed by atoms with van der Waals surface area (Å²) in [6.45, 7) is 5.09. The van der Waals surface area contributed by atoms with Crippen molar-refractivity contribution in [2.45, 2.75) is 32.7 Å². The van der Waals surface area contributed by atoms with Gasteiger partial charge in [0.15, 0.2) is 0 Å². The van der Waals surface area contributed by atoms with Gasteiger partial charge in [0.1, 0.15) is 17.2 Å². The van der Waals surface area contributed by atoms with Gasteiger partial charge in [-0.25, -0.2) is 4.79 Å². The van der Waals surface area contributed by atoms with E-state index in [-0.39, 0.29) is 18.6 Å². The minimum Gasteiger partial charge on any atom is -0.461 e. The van der Waals surface area contributed by atoms with E-state index in [0.29, 0.717) is 30.2 Å². The number of likely N-dealkylation sites (tertiary alicyclic amines) is 1. The van der Waals surface area contributed by atoms with Crippen LogP contribution in [0.3, 0.4) is 0 Å². The van der Waals surface area contributed by atoms with Crippen LogP contribution < -0.4 is 4.74 Å². The fourth-order valence-electron chi connectivity index (χ4n) is 4.09. The SMILES string of the molecule is C/C=C/C(=O)N1CCCC(n2nc(-c3ccc(Oc4ccccc4)cc3)cc2C(=O)OCC)C1. The Labute approximate surface area is 199 Å². The Hall–Kier alpha value is -3.87. The third kappa shape index (κ3) is 5.36. The first-order valence-corrected chi connectivity index (χ1v) is 11.6. The largest absolute Gasteiger partial charge is 0.461 e. The highest BCUT2D eigenvalue weighted by Crippen LogP contribution is 2.29. The zero-order chi connectivity index (χ0) is 23.9. The van der Waals surface area contributed by atoms with Gasteiger partial charge in [-0.3, -0.25) is 9.48 Å². The number of benzene rings is 2. The van der Waals surface area contributed by atoms with Crippen molar-refractivity contribution in [3.63, 3.8) is 0 Å². The van der Waals surface area contributed by atoms with Gasteiger partial charge in [0, 0.05) is 18.7 Å². The molecule has 0 bridgehead atoms. The van der Waals surface area contributed by atoms with E-state index in [1.165, 1.54) is 0 Å². The van der Waals surface area contributed by atoms with Gasteiger partial charge >= 0.3 is 5.97 Å². The third-order valence-corrected chi connectivity index (χ3v) is 5.71. The van der Waals surface area contributed by atoms with Gasteiger partial charge < -0.3 is 14.4 Å². The van der Waals surface area contributed by atoms with Crippen LogP contribution in [0, 0.1) is 0 Å². The fraction of sp³-hybridized carbons (Fsp3) is 0.296. The molecule has 3 aromatic rings. The van der Waals surface area contributed by atoms with Crippen LogP contribution in [-0.2, 0) is 9.53 Å². The molecule has 1 aliphatic heterocycles. The number of carbonyl (C=O) groups is 2. The summed E-state index contributed by atoms with van der Waals surface area (Å²) in [5.74, 6) is 1.04. The molecule has 1 aromatic heterocycles. The molecule has 0 radical (unpaired) electrons. The molecule has 34 heavy (non-hydrogen) atoms. The molecule has 1 amide bonds. The van der Waals surface area contributed by atoms with E-state index in [1.807, 2.05) is 61.5 Å². The van der Waals surface area contributed by atoms with E-state index >= 15 is 0 Å². The molecule has 0 N–H and O–H groups in total. The van der Waals surface area contributed by atoms with Gasteiger partial charge in [-0.05, 0) is 75.2 Å². The van der Waals surface area contributed by atoms with Crippen molar-refractivity contribution in [1.82, 2.24) is 14.7 Å². The Morgan fingerprint density at radius 1 is 1.09 bits per heavy atom. The highest BCUT2D eigenvalue weighted by atomic mass is 16.5. The van der Waals surface area contributed by atoms with Crippen molar-refractivity contribution in [1.29, 1.82) is 0 Å². The Bertz CT molecular complexity index is 1150. The summed E-state index contributed by atoms with van der Waals surface area (Å²) in [6, 6.07) is 18.8. The quantitative estimate of drug-likeness (QED) is 0.356. The maximum Gasteiger partial charge on any atom is 0.356 e. The van der Waals surface area contributed by atoms with Crippen LogP contribution in [0.25, 0.3) is 11.3 Å². The predicted molar refractivity (Wildman–Crippen MR) is 130 cm³/mol. The van der Waals surface area contributed by atoms with Crippen LogP contribution in [0.15, 0.2) is 72.8 Å². The molecule has 4 rings (SSSR count). The maximum atomic E-state index is 12.7. The number of carbonyl (C=O) groups excluding carboxylic acids is 2. The number of para-hydroxylation sites is 1. The van der Waals surface area contributed by atoms with Crippen LogP contribution in [0.1, 0.15) is 43.2 Å². The molecule has 176 valence electrons. The van der Waals surface area contributed by atoms with E-state index in [4.69, 9.17) is 14.6 Å². The minimum atomic E-state index is -0.415. The highest BCUT2D eigenvalue weighted by Gasteiger charge is 2.28. The standard InChI is InChI=1S/C27H29N3O4/c1-3-9-26(31)29-17-8-10-21(19-29)30-25(27(32)33-4-2)18-24(28-30)20-13-15-23(16-14-20)34-22-11-6-5-7-12-22/h3,5-7,9,11-16,18,21H,4,8,10,17,19H2,1-2H3/b9-3+. The number of ether oxygens (including phenoxy) is 2. The van der Waals surface area contributed by atoms with Gasteiger partial charge in [-0.1, -0.05) is 24.3 Å². The molecule has 0 saturated carbocycles.